The van der Waals surface area contributed by atoms with E-state index in [1.54, 1.807) is 24.3 Å². The van der Waals surface area contributed by atoms with E-state index in [1.807, 2.05) is 0 Å². The van der Waals surface area contributed by atoms with Gasteiger partial charge in [-0.15, -0.1) is 0 Å². The van der Waals surface area contributed by atoms with Crippen molar-refractivity contribution in [3.8, 4) is 11.5 Å². The summed E-state index contributed by atoms with van der Waals surface area (Å²) in [6.45, 7) is 0. The highest BCUT2D eigenvalue weighted by atomic mass is 32.2. The number of sulfonamides is 1. The van der Waals surface area contributed by atoms with E-state index in [-0.39, 0.29) is 4.90 Å². The molecule has 23 heavy (non-hydrogen) atoms. The number of anilines is 1. The van der Waals surface area contributed by atoms with E-state index in [0.29, 0.717) is 28.2 Å². The summed E-state index contributed by atoms with van der Waals surface area (Å²) in [5.74, 6) is 1.17. The molecule has 0 fully saturated rings. The highest BCUT2D eigenvalue weighted by Crippen LogP contribution is 2.30. The Morgan fingerprint density at radius 3 is 2.43 bits per heavy atom. The van der Waals surface area contributed by atoms with Crippen molar-refractivity contribution < 1.29 is 17.9 Å². The summed E-state index contributed by atoms with van der Waals surface area (Å²) in [6.07, 6.45) is 1.48. The van der Waals surface area contributed by atoms with E-state index in [1.165, 1.54) is 32.7 Å². The maximum atomic E-state index is 12.5. The van der Waals surface area contributed by atoms with Crippen LogP contribution >= 0.6 is 0 Å². The van der Waals surface area contributed by atoms with Crippen LogP contribution in [-0.4, -0.2) is 32.6 Å². The fourth-order valence-corrected chi connectivity index (χ4v) is 3.29. The molecule has 0 saturated carbocycles. The summed E-state index contributed by atoms with van der Waals surface area (Å²) in [5.41, 5.74) is 1.49. The first-order chi connectivity index (χ1) is 11.0. The number of fused-ring (bicyclic) bond motifs is 1. The fraction of sp³-hybridized carbons (Fsp3) is 0.133. The Morgan fingerprint density at radius 1 is 1.04 bits per heavy atom. The first-order valence-corrected chi connectivity index (χ1v) is 8.20. The topological polar surface area (TPSA) is 93.3 Å². The number of nitrogens with zero attached hydrogens (tertiary/aromatic N) is 1. The third-order valence-electron chi connectivity index (χ3n) is 3.38. The molecule has 0 aliphatic rings. The van der Waals surface area contributed by atoms with Crippen LogP contribution < -0.4 is 14.2 Å². The van der Waals surface area contributed by atoms with Crippen molar-refractivity contribution in [3.63, 3.8) is 0 Å². The van der Waals surface area contributed by atoms with Crippen LogP contribution in [0.15, 0.2) is 47.6 Å². The van der Waals surface area contributed by atoms with Gasteiger partial charge in [0.2, 0.25) is 0 Å². The number of aromatic amines is 1. The summed E-state index contributed by atoms with van der Waals surface area (Å²) >= 11 is 0. The molecule has 3 aromatic rings. The van der Waals surface area contributed by atoms with Gasteiger partial charge >= 0.3 is 0 Å². The number of benzene rings is 2. The minimum atomic E-state index is -3.73. The molecule has 0 saturated heterocycles. The average Bonchev–Trinajstić information content (AvgIpc) is 3.05. The van der Waals surface area contributed by atoms with Gasteiger partial charge < -0.3 is 14.5 Å². The number of H-pyrrole nitrogens is 1. The maximum absolute atomic E-state index is 12.5. The van der Waals surface area contributed by atoms with Crippen LogP contribution in [0, 0.1) is 0 Å². The predicted octanol–water partition coefficient (Wildman–Crippen LogP) is 2.38. The quantitative estimate of drug-likeness (QED) is 0.748. The summed E-state index contributed by atoms with van der Waals surface area (Å²) in [6, 6.07) is 9.42. The molecular formula is C15H15N3O4S. The SMILES string of the molecule is COc1ccc(S(=O)(=O)Nc2ccc(OC)c3[nH]cnc23)cc1. The Hall–Kier alpha value is -2.74. The van der Waals surface area contributed by atoms with E-state index in [0.717, 1.165) is 0 Å². The molecular weight excluding hydrogens is 318 g/mol. The standard InChI is InChI=1S/C15H15N3O4S/c1-21-10-3-5-11(6-4-10)23(19,20)18-12-7-8-13(22-2)15-14(12)16-9-17-15/h3-9,18H,1-2H3,(H,16,17). The van der Waals surface area contributed by atoms with Crippen molar-refractivity contribution in [1.29, 1.82) is 0 Å². The second-order valence-electron chi connectivity index (χ2n) is 4.72. The average molecular weight is 333 g/mol. The summed E-state index contributed by atoms with van der Waals surface area (Å²) in [4.78, 5) is 7.22. The molecule has 0 atom stereocenters. The van der Waals surface area contributed by atoms with Gasteiger partial charge in [-0.2, -0.15) is 0 Å². The van der Waals surface area contributed by atoms with E-state index >= 15 is 0 Å². The van der Waals surface area contributed by atoms with Gasteiger partial charge in [0.15, 0.2) is 0 Å². The molecule has 2 N–H and O–H groups in total. The first kappa shape index (κ1) is 15.2. The molecule has 120 valence electrons. The highest BCUT2D eigenvalue weighted by molar-refractivity contribution is 7.92. The van der Waals surface area contributed by atoms with Gasteiger partial charge in [-0.1, -0.05) is 0 Å². The Kier molecular flexibility index (Phi) is 3.83. The molecule has 8 heteroatoms. The predicted molar refractivity (Wildman–Crippen MR) is 86.4 cm³/mol. The van der Waals surface area contributed by atoms with Crippen molar-refractivity contribution in [3.05, 3.63) is 42.7 Å². The van der Waals surface area contributed by atoms with Gasteiger partial charge in [-0.05, 0) is 36.4 Å². The lowest BCUT2D eigenvalue weighted by Crippen LogP contribution is -2.13. The van der Waals surface area contributed by atoms with Gasteiger partial charge in [-0.25, -0.2) is 13.4 Å². The van der Waals surface area contributed by atoms with Crippen molar-refractivity contribution in [2.75, 3.05) is 18.9 Å². The van der Waals surface area contributed by atoms with Gasteiger partial charge in [0.25, 0.3) is 10.0 Å². The highest BCUT2D eigenvalue weighted by Gasteiger charge is 2.17. The van der Waals surface area contributed by atoms with Crippen molar-refractivity contribution >= 4 is 26.7 Å². The summed E-state index contributed by atoms with van der Waals surface area (Å²) in [5, 5.41) is 0. The second kappa shape index (κ2) is 5.81. The number of nitrogens with one attached hydrogen (secondary N) is 2. The molecule has 7 nitrogen and oxygen atoms in total. The Morgan fingerprint density at radius 2 is 1.78 bits per heavy atom. The first-order valence-electron chi connectivity index (χ1n) is 6.72. The largest absolute Gasteiger partial charge is 0.497 e. The molecule has 2 aromatic carbocycles. The van der Waals surface area contributed by atoms with Crippen LogP contribution in [0.3, 0.4) is 0 Å². The zero-order valence-electron chi connectivity index (χ0n) is 12.5. The Labute approximate surface area is 133 Å². The van der Waals surface area contributed by atoms with Crippen LogP contribution in [0.5, 0.6) is 11.5 Å². The lowest BCUT2D eigenvalue weighted by Gasteiger charge is -2.10. The summed E-state index contributed by atoms with van der Waals surface area (Å²) < 4.78 is 37.8. The number of hydrogen-bond donors (Lipinski definition) is 2. The van der Waals surface area contributed by atoms with Crippen molar-refractivity contribution in [2.24, 2.45) is 0 Å². The molecule has 0 aliphatic heterocycles. The number of methoxy groups -OCH3 is 2. The molecule has 0 spiro atoms. The maximum Gasteiger partial charge on any atom is 0.261 e. The molecule has 1 aromatic heterocycles. The van der Waals surface area contributed by atoms with E-state index in [2.05, 4.69) is 14.7 Å². The van der Waals surface area contributed by atoms with Crippen LogP contribution in [0.1, 0.15) is 0 Å². The molecule has 3 rings (SSSR count). The van der Waals surface area contributed by atoms with Crippen LogP contribution in [-0.2, 0) is 10.0 Å². The normalized spacial score (nSPS) is 11.4. The van der Waals surface area contributed by atoms with Crippen LogP contribution in [0.25, 0.3) is 11.0 Å². The van der Waals surface area contributed by atoms with Gasteiger partial charge in [0.05, 0.1) is 31.1 Å². The van der Waals surface area contributed by atoms with Gasteiger partial charge in [-0.3, -0.25) is 4.72 Å². The third kappa shape index (κ3) is 2.80. The Bertz CT molecular complexity index is 933. The number of ether oxygens (including phenoxy) is 2. The lowest BCUT2D eigenvalue weighted by atomic mass is 10.2. The molecule has 0 radical (unpaired) electrons. The van der Waals surface area contributed by atoms with Crippen molar-refractivity contribution in [2.45, 2.75) is 4.90 Å². The molecule has 1 heterocycles. The van der Waals surface area contributed by atoms with E-state index < -0.39 is 10.0 Å². The molecule has 0 bridgehead atoms. The minimum absolute atomic E-state index is 0.137. The number of aromatic nitrogens is 2. The van der Waals surface area contributed by atoms with E-state index in [4.69, 9.17) is 9.47 Å². The smallest absolute Gasteiger partial charge is 0.261 e. The van der Waals surface area contributed by atoms with Crippen LogP contribution in [0.2, 0.25) is 0 Å². The van der Waals surface area contributed by atoms with Gasteiger partial charge in [0, 0.05) is 0 Å². The number of rotatable bonds is 5. The number of hydrogen-bond acceptors (Lipinski definition) is 5. The lowest BCUT2D eigenvalue weighted by molar-refractivity contribution is 0.414. The zero-order valence-corrected chi connectivity index (χ0v) is 13.3. The van der Waals surface area contributed by atoms with Crippen LogP contribution in [0.4, 0.5) is 5.69 Å². The van der Waals surface area contributed by atoms with Gasteiger partial charge in [0.1, 0.15) is 22.5 Å². The Balaban J connectivity index is 1.98. The zero-order chi connectivity index (χ0) is 16.4. The van der Waals surface area contributed by atoms with Crippen molar-refractivity contribution in [1.82, 2.24) is 9.97 Å². The fourth-order valence-electron chi connectivity index (χ4n) is 2.22. The second-order valence-corrected chi connectivity index (χ2v) is 6.40. The summed E-state index contributed by atoms with van der Waals surface area (Å²) in [7, 11) is -0.668. The molecule has 0 aliphatic carbocycles. The minimum Gasteiger partial charge on any atom is -0.497 e. The molecule has 0 amide bonds. The third-order valence-corrected chi connectivity index (χ3v) is 4.76. The monoisotopic (exact) mass is 333 g/mol. The molecule has 0 unspecified atom stereocenters. The van der Waals surface area contributed by atoms with E-state index in [9.17, 15) is 8.42 Å². The number of imidazole rings is 1.